The van der Waals surface area contributed by atoms with Crippen molar-refractivity contribution in [3.8, 4) is 22.9 Å². The van der Waals surface area contributed by atoms with Crippen LogP contribution in [-0.4, -0.2) is 51.1 Å². The SMILES string of the molecule is O=S(=O)(CCCNc1nc(-c2cc(-c3ccon3)n(Cc3ccccc3F)n2)ncc1F)C(F)(F)F. The van der Waals surface area contributed by atoms with Gasteiger partial charge in [0.2, 0.25) is 9.84 Å². The highest BCUT2D eigenvalue weighted by Gasteiger charge is 2.44. The average molecular weight is 528 g/mol. The van der Waals surface area contributed by atoms with Gasteiger partial charge in [-0.3, -0.25) is 4.68 Å². The van der Waals surface area contributed by atoms with E-state index in [9.17, 15) is 30.4 Å². The highest BCUT2D eigenvalue weighted by atomic mass is 32.2. The zero-order chi connectivity index (χ0) is 25.9. The fourth-order valence-corrected chi connectivity index (χ4v) is 3.94. The van der Waals surface area contributed by atoms with Crippen LogP contribution in [0.5, 0.6) is 0 Å². The lowest BCUT2D eigenvalue weighted by atomic mass is 10.2. The van der Waals surface area contributed by atoms with E-state index in [1.165, 1.54) is 23.1 Å². The van der Waals surface area contributed by atoms with Gasteiger partial charge in [0.05, 0.1) is 24.2 Å². The van der Waals surface area contributed by atoms with E-state index in [-0.39, 0.29) is 30.4 Å². The number of anilines is 1. The molecule has 36 heavy (non-hydrogen) atoms. The van der Waals surface area contributed by atoms with Crippen LogP contribution in [0.25, 0.3) is 22.9 Å². The smallest absolute Gasteiger partial charge is 0.367 e. The van der Waals surface area contributed by atoms with Gasteiger partial charge in [-0.25, -0.2) is 27.2 Å². The lowest BCUT2D eigenvalue weighted by Crippen LogP contribution is -2.27. The van der Waals surface area contributed by atoms with E-state index < -0.39 is 39.2 Å². The predicted molar refractivity (Wildman–Crippen MR) is 117 cm³/mol. The zero-order valence-electron chi connectivity index (χ0n) is 18.2. The van der Waals surface area contributed by atoms with Crippen molar-refractivity contribution in [2.75, 3.05) is 17.6 Å². The third-order valence-corrected chi connectivity index (χ3v) is 6.50. The normalized spacial score (nSPS) is 12.1. The number of nitrogens with zero attached hydrogens (tertiary/aromatic N) is 5. The molecule has 0 aliphatic heterocycles. The molecule has 1 N–H and O–H groups in total. The van der Waals surface area contributed by atoms with Gasteiger partial charge in [-0.2, -0.15) is 18.3 Å². The highest BCUT2D eigenvalue weighted by Crippen LogP contribution is 2.26. The summed E-state index contributed by atoms with van der Waals surface area (Å²) in [5.41, 5.74) is -4.03. The Morgan fingerprint density at radius 1 is 1.06 bits per heavy atom. The maximum absolute atomic E-state index is 14.2. The van der Waals surface area contributed by atoms with Crippen LogP contribution in [0.1, 0.15) is 12.0 Å². The van der Waals surface area contributed by atoms with Crippen molar-refractivity contribution in [2.24, 2.45) is 0 Å². The molecule has 0 saturated heterocycles. The van der Waals surface area contributed by atoms with Crippen LogP contribution in [0.4, 0.5) is 27.8 Å². The minimum absolute atomic E-state index is 0.0227. The van der Waals surface area contributed by atoms with Crippen molar-refractivity contribution in [1.29, 1.82) is 0 Å². The summed E-state index contributed by atoms with van der Waals surface area (Å²) in [4.78, 5) is 7.93. The quantitative estimate of drug-likeness (QED) is 0.256. The van der Waals surface area contributed by atoms with Crippen LogP contribution in [0.15, 0.2) is 53.4 Å². The Kier molecular flexibility index (Phi) is 7.01. The number of sulfone groups is 1. The molecule has 0 atom stereocenters. The first-order chi connectivity index (χ1) is 17.0. The molecule has 0 aliphatic carbocycles. The van der Waals surface area contributed by atoms with Crippen molar-refractivity contribution in [3.05, 3.63) is 66.1 Å². The van der Waals surface area contributed by atoms with Gasteiger partial charge in [0.1, 0.15) is 23.5 Å². The molecule has 4 rings (SSSR count). The van der Waals surface area contributed by atoms with Gasteiger partial charge in [-0.15, -0.1) is 0 Å². The van der Waals surface area contributed by atoms with Crippen LogP contribution >= 0.6 is 0 Å². The lowest BCUT2D eigenvalue weighted by Gasteiger charge is -2.09. The molecule has 4 aromatic rings. The molecule has 3 aromatic heterocycles. The summed E-state index contributed by atoms with van der Waals surface area (Å²) in [6.07, 6.45) is 1.74. The Hall–Kier alpha value is -3.88. The second kappa shape index (κ2) is 10.0. The van der Waals surface area contributed by atoms with Gasteiger partial charge in [0.15, 0.2) is 17.5 Å². The Morgan fingerprint density at radius 2 is 1.83 bits per heavy atom. The molecule has 9 nitrogen and oxygen atoms in total. The molecule has 15 heteroatoms. The number of aromatic nitrogens is 5. The van der Waals surface area contributed by atoms with Crippen molar-refractivity contribution >= 4 is 15.7 Å². The topological polar surface area (TPSA) is 116 Å². The molecule has 0 aliphatic rings. The number of nitrogens with one attached hydrogen (secondary N) is 1. The molecule has 1 aromatic carbocycles. The summed E-state index contributed by atoms with van der Waals surface area (Å²) in [6, 6.07) is 9.19. The number of halogens is 5. The van der Waals surface area contributed by atoms with E-state index in [1.54, 1.807) is 24.3 Å². The summed E-state index contributed by atoms with van der Waals surface area (Å²) >= 11 is 0. The largest absolute Gasteiger partial charge is 0.497 e. The van der Waals surface area contributed by atoms with Gasteiger partial charge in [0.25, 0.3) is 0 Å². The predicted octanol–water partition coefficient (Wildman–Crippen LogP) is 4.06. The van der Waals surface area contributed by atoms with E-state index in [2.05, 4.69) is 25.5 Å². The van der Waals surface area contributed by atoms with Gasteiger partial charge < -0.3 is 9.84 Å². The summed E-state index contributed by atoms with van der Waals surface area (Å²) in [7, 11) is -5.29. The summed E-state index contributed by atoms with van der Waals surface area (Å²) in [6.45, 7) is -0.274. The van der Waals surface area contributed by atoms with Gasteiger partial charge >= 0.3 is 5.51 Å². The van der Waals surface area contributed by atoms with Crippen LogP contribution in [-0.2, 0) is 16.4 Å². The maximum atomic E-state index is 14.2. The molecular formula is C21H17F5N6O3S. The van der Waals surface area contributed by atoms with Crippen LogP contribution in [0.3, 0.4) is 0 Å². The van der Waals surface area contributed by atoms with Crippen molar-refractivity contribution in [1.82, 2.24) is 24.9 Å². The molecule has 0 amide bonds. The molecule has 0 radical (unpaired) electrons. The summed E-state index contributed by atoms with van der Waals surface area (Å²) in [5.74, 6) is -2.91. The average Bonchev–Trinajstić information content (AvgIpc) is 3.49. The third-order valence-electron chi connectivity index (χ3n) is 4.97. The fraction of sp³-hybridized carbons (Fsp3) is 0.238. The second-order valence-corrected chi connectivity index (χ2v) is 9.58. The number of hydrogen-bond acceptors (Lipinski definition) is 8. The number of alkyl halides is 3. The highest BCUT2D eigenvalue weighted by molar-refractivity contribution is 7.92. The first-order valence-corrected chi connectivity index (χ1v) is 12.0. The van der Waals surface area contributed by atoms with E-state index in [4.69, 9.17) is 4.52 Å². The monoisotopic (exact) mass is 528 g/mol. The number of rotatable bonds is 9. The van der Waals surface area contributed by atoms with E-state index >= 15 is 0 Å². The van der Waals surface area contributed by atoms with Crippen molar-refractivity contribution < 1.29 is 34.9 Å². The molecule has 0 spiro atoms. The van der Waals surface area contributed by atoms with E-state index in [0.29, 0.717) is 17.0 Å². The molecule has 0 bridgehead atoms. The minimum atomic E-state index is -5.36. The van der Waals surface area contributed by atoms with Crippen LogP contribution < -0.4 is 5.32 Å². The van der Waals surface area contributed by atoms with Gasteiger partial charge in [-0.1, -0.05) is 23.4 Å². The van der Waals surface area contributed by atoms with Gasteiger partial charge in [0, 0.05) is 18.2 Å². The van der Waals surface area contributed by atoms with E-state index in [1.807, 2.05) is 0 Å². The molecule has 0 saturated carbocycles. The molecule has 190 valence electrons. The number of hydrogen-bond donors (Lipinski definition) is 1. The minimum Gasteiger partial charge on any atom is -0.367 e. The van der Waals surface area contributed by atoms with Gasteiger partial charge in [-0.05, 0) is 18.6 Å². The Morgan fingerprint density at radius 3 is 2.53 bits per heavy atom. The van der Waals surface area contributed by atoms with E-state index in [0.717, 1.165) is 6.20 Å². The fourth-order valence-electron chi connectivity index (χ4n) is 3.18. The third kappa shape index (κ3) is 5.50. The summed E-state index contributed by atoms with van der Waals surface area (Å²) in [5, 5.41) is 10.7. The Labute approximate surface area is 200 Å². The molecule has 0 fully saturated rings. The lowest BCUT2D eigenvalue weighted by molar-refractivity contribution is -0.0435. The van der Waals surface area contributed by atoms with Crippen LogP contribution in [0, 0.1) is 11.6 Å². The second-order valence-electron chi connectivity index (χ2n) is 7.48. The Bertz CT molecular complexity index is 1460. The zero-order valence-corrected chi connectivity index (χ0v) is 19.0. The standard InChI is InChI=1S/C21H17F5N6O3S/c22-14-5-2-1-4-13(14)12-32-18(16-6-8-35-31-16)10-17(30-32)20-28-11-15(23)19(29-20)27-7-3-9-36(33,34)21(24,25)26/h1-2,4-6,8,10-11H,3,7,9,12H2,(H,27,28,29). The molecular weight excluding hydrogens is 511 g/mol. The maximum Gasteiger partial charge on any atom is 0.497 e. The molecule has 0 unspecified atom stereocenters. The first kappa shape index (κ1) is 25.2. The van der Waals surface area contributed by atoms with Crippen molar-refractivity contribution in [2.45, 2.75) is 18.5 Å². The number of benzene rings is 1. The van der Waals surface area contributed by atoms with Crippen LogP contribution in [0.2, 0.25) is 0 Å². The Balaban J connectivity index is 1.57. The first-order valence-electron chi connectivity index (χ1n) is 10.3. The van der Waals surface area contributed by atoms with Crippen molar-refractivity contribution in [3.63, 3.8) is 0 Å². The summed E-state index contributed by atoms with van der Waals surface area (Å²) < 4.78 is 94.4. The molecule has 3 heterocycles.